The van der Waals surface area contributed by atoms with Crippen molar-refractivity contribution in [3.05, 3.63) is 82.9 Å². The van der Waals surface area contributed by atoms with Crippen molar-refractivity contribution in [2.75, 3.05) is 11.1 Å². The van der Waals surface area contributed by atoms with Gasteiger partial charge in [0.05, 0.1) is 10.7 Å². The van der Waals surface area contributed by atoms with Gasteiger partial charge in [-0.2, -0.15) is 0 Å². The standard InChI is InChI=1S/C23H16N6O3S/c30-20(13-33-23-26-22-21(27-28-23)18-3-1-2-4-19(18)25-22)24-16-9-5-14(6-10-16)15-7-11-17(12-8-15)29(31)32/h1-12H,13H2,(H,24,30)(H,25,26,28). The van der Waals surface area contributed by atoms with E-state index in [4.69, 9.17) is 0 Å². The van der Waals surface area contributed by atoms with Crippen molar-refractivity contribution in [2.45, 2.75) is 5.16 Å². The molecule has 9 nitrogen and oxygen atoms in total. The third-order valence-electron chi connectivity index (χ3n) is 5.02. The Bertz CT molecular complexity index is 1480. The molecule has 0 aliphatic heterocycles. The van der Waals surface area contributed by atoms with Gasteiger partial charge >= 0.3 is 0 Å². The molecular weight excluding hydrogens is 440 g/mol. The minimum absolute atomic E-state index is 0.0444. The maximum atomic E-state index is 12.4. The predicted molar refractivity (Wildman–Crippen MR) is 127 cm³/mol. The minimum Gasteiger partial charge on any atom is -0.338 e. The summed E-state index contributed by atoms with van der Waals surface area (Å²) in [5.41, 5.74) is 4.71. The summed E-state index contributed by atoms with van der Waals surface area (Å²) in [4.78, 5) is 30.4. The van der Waals surface area contributed by atoms with Crippen molar-refractivity contribution >= 4 is 51.1 Å². The van der Waals surface area contributed by atoms with Crippen molar-refractivity contribution in [3.63, 3.8) is 0 Å². The summed E-state index contributed by atoms with van der Waals surface area (Å²) in [6, 6.07) is 21.4. The zero-order chi connectivity index (χ0) is 22.8. The van der Waals surface area contributed by atoms with Crippen LogP contribution in [-0.2, 0) is 4.79 Å². The lowest BCUT2D eigenvalue weighted by molar-refractivity contribution is -0.384. The fraction of sp³-hybridized carbons (Fsp3) is 0.0435. The number of carbonyl (C=O) groups is 1. The summed E-state index contributed by atoms with van der Waals surface area (Å²) in [7, 11) is 0. The van der Waals surface area contributed by atoms with Crippen LogP contribution < -0.4 is 5.32 Å². The Labute approximate surface area is 191 Å². The lowest BCUT2D eigenvalue weighted by atomic mass is 10.1. The van der Waals surface area contributed by atoms with E-state index in [0.29, 0.717) is 22.0 Å². The van der Waals surface area contributed by atoms with Gasteiger partial charge in [0.2, 0.25) is 11.1 Å². The van der Waals surface area contributed by atoms with Crippen LogP contribution in [-0.4, -0.2) is 36.7 Å². The number of nitrogens with zero attached hydrogens (tertiary/aromatic N) is 4. The summed E-state index contributed by atoms with van der Waals surface area (Å²) < 4.78 is 0. The second kappa shape index (κ2) is 8.67. The van der Waals surface area contributed by atoms with Gasteiger partial charge in [0.1, 0.15) is 5.52 Å². The van der Waals surface area contributed by atoms with Crippen LogP contribution in [0.5, 0.6) is 0 Å². The van der Waals surface area contributed by atoms with Gasteiger partial charge in [-0.15, -0.1) is 10.2 Å². The number of H-pyrrole nitrogens is 1. The zero-order valence-electron chi connectivity index (χ0n) is 17.1. The van der Waals surface area contributed by atoms with E-state index in [1.165, 1.54) is 23.9 Å². The number of nitro groups is 1. The molecule has 2 aromatic heterocycles. The lowest BCUT2D eigenvalue weighted by Crippen LogP contribution is -2.14. The molecule has 0 atom stereocenters. The van der Waals surface area contributed by atoms with Crippen molar-refractivity contribution in [1.29, 1.82) is 0 Å². The third-order valence-corrected chi connectivity index (χ3v) is 5.85. The molecule has 33 heavy (non-hydrogen) atoms. The third kappa shape index (κ3) is 4.37. The summed E-state index contributed by atoms with van der Waals surface area (Å²) >= 11 is 1.20. The predicted octanol–water partition coefficient (Wildman–Crippen LogP) is 4.81. The number of hydrogen-bond donors (Lipinski definition) is 2. The molecule has 0 unspecified atom stereocenters. The van der Waals surface area contributed by atoms with E-state index in [2.05, 4.69) is 25.5 Å². The Morgan fingerprint density at radius 3 is 2.39 bits per heavy atom. The molecular formula is C23H16N6O3S. The van der Waals surface area contributed by atoms with Gasteiger partial charge in [-0.05, 0) is 41.5 Å². The van der Waals surface area contributed by atoms with Crippen molar-refractivity contribution in [3.8, 4) is 11.1 Å². The first-order chi connectivity index (χ1) is 16.1. The molecule has 0 spiro atoms. The largest absolute Gasteiger partial charge is 0.338 e. The van der Waals surface area contributed by atoms with Crippen LogP contribution in [0.15, 0.2) is 78.0 Å². The molecule has 2 heterocycles. The number of aromatic amines is 1. The molecule has 0 bridgehead atoms. The molecule has 0 radical (unpaired) electrons. The molecule has 5 rings (SSSR count). The highest BCUT2D eigenvalue weighted by molar-refractivity contribution is 7.99. The Balaban J connectivity index is 1.21. The zero-order valence-corrected chi connectivity index (χ0v) is 17.9. The average Bonchev–Trinajstić information content (AvgIpc) is 3.21. The number of rotatable bonds is 6. The number of nitrogens with one attached hydrogen (secondary N) is 2. The van der Waals surface area contributed by atoms with Crippen LogP contribution in [0, 0.1) is 10.1 Å². The Morgan fingerprint density at radius 1 is 0.970 bits per heavy atom. The van der Waals surface area contributed by atoms with Crippen LogP contribution in [0.4, 0.5) is 11.4 Å². The van der Waals surface area contributed by atoms with E-state index >= 15 is 0 Å². The van der Waals surface area contributed by atoms with Crippen LogP contribution in [0.2, 0.25) is 0 Å². The number of non-ortho nitro benzene ring substituents is 1. The highest BCUT2D eigenvalue weighted by atomic mass is 32.2. The average molecular weight is 456 g/mol. The number of carbonyl (C=O) groups excluding carboxylic acids is 1. The van der Waals surface area contributed by atoms with E-state index in [1.807, 2.05) is 36.4 Å². The Morgan fingerprint density at radius 2 is 1.67 bits per heavy atom. The maximum absolute atomic E-state index is 12.4. The van der Waals surface area contributed by atoms with E-state index in [-0.39, 0.29) is 17.3 Å². The van der Waals surface area contributed by atoms with Crippen LogP contribution in [0.1, 0.15) is 0 Å². The molecule has 5 aromatic rings. The van der Waals surface area contributed by atoms with Crippen molar-refractivity contribution in [1.82, 2.24) is 20.2 Å². The first kappa shape index (κ1) is 20.6. The quantitative estimate of drug-likeness (QED) is 0.213. The van der Waals surface area contributed by atoms with E-state index in [9.17, 15) is 14.9 Å². The number of nitro benzene ring substituents is 1. The smallest absolute Gasteiger partial charge is 0.269 e. The maximum Gasteiger partial charge on any atom is 0.269 e. The summed E-state index contributed by atoms with van der Waals surface area (Å²) in [5, 5.41) is 23.4. The second-order valence-corrected chi connectivity index (χ2v) is 8.12. The number of benzene rings is 3. The van der Waals surface area contributed by atoms with Gasteiger partial charge in [-0.3, -0.25) is 14.9 Å². The van der Waals surface area contributed by atoms with E-state index < -0.39 is 4.92 Å². The first-order valence-electron chi connectivity index (χ1n) is 9.95. The van der Waals surface area contributed by atoms with Gasteiger partial charge in [-0.1, -0.05) is 42.1 Å². The van der Waals surface area contributed by atoms with Gasteiger partial charge in [-0.25, -0.2) is 4.98 Å². The van der Waals surface area contributed by atoms with E-state index in [1.54, 1.807) is 24.3 Å². The van der Waals surface area contributed by atoms with Crippen molar-refractivity contribution < 1.29 is 9.72 Å². The van der Waals surface area contributed by atoms with Gasteiger partial charge in [0.15, 0.2) is 5.65 Å². The molecule has 3 aromatic carbocycles. The molecule has 2 N–H and O–H groups in total. The second-order valence-electron chi connectivity index (χ2n) is 7.18. The van der Waals surface area contributed by atoms with Crippen LogP contribution in [0.25, 0.3) is 33.2 Å². The van der Waals surface area contributed by atoms with Crippen LogP contribution in [0.3, 0.4) is 0 Å². The number of thioether (sulfide) groups is 1. The molecule has 1 amide bonds. The SMILES string of the molecule is O=C(CSc1nnc2c(n1)[nH]c1ccccc12)Nc1ccc(-c2ccc([N+](=O)[O-])cc2)cc1. The minimum atomic E-state index is -0.431. The highest BCUT2D eigenvalue weighted by Crippen LogP contribution is 2.25. The number of amides is 1. The van der Waals surface area contributed by atoms with Crippen LogP contribution >= 0.6 is 11.8 Å². The first-order valence-corrected chi connectivity index (χ1v) is 10.9. The van der Waals surface area contributed by atoms with Gasteiger partial charge in [0.25, 0.3) is 5.69 Å². The molecule has 10 heteroatoms. The van der Waals surface area contributed by atoms with E-state index in [0.717, 1.165) is 22.0 Å². The topological polar surface area (TPSA) is 127 Å². The molecule has 162 valence electrons. The number of anilines is 1. The Hall–Kier alpha value is -4.31. The van der Waals surface area contributed by atoms with Gasteiger partial charge < -0.3 is 10.3 Å². The lowest BCUT2D eigenvalue weighted by Gasteiger charge is -2.06. The summed E-state index contributed by atoms with van der Waals surface area (Å²) in [6.07, 6.45) is 0. The summed E-state index contributed by atoms with van der Waals surface area (Å²) in [5.74, 6) is -0.0548. The fourth-order valence-corrected chi connectivity index (χ4v) is 4.00. The molecule has 0 aliphatic rings. The Kier molecular flexibility index (Phi) is 5.41. The number of fused-ring (bicyclic) bond motifs is 3. The fourth-order valence-electron chi connectivity index (χ4n) is 3.42. The monoisotopic (exact) mass is 456 g/mol. The molecule has 0 saturated heterocycles. The highest BCUT2D eigenvalue weighted by Gasteiger charge is 2.11. The summed E-state index contributed by atoms with van der Waals surface area (Å²) in [6.45, 7) is 0. The number of para-hydroxylation sites is 1. The molecule has 0 fully saturated rings. The normalized spacial score (nSPS) is 11.0. The van der Waals surface area contributed by atoms with Crippen molar-refractivity contribution in [2.24, 2.45) is 0 Å². The number of aromatic nitrogens is 4. The van der Waals surface area contributed by atoms with Gasteiger partial charge in [0, 0.05) is 28.7 Å². The molecule has 0 saturated carbocycles. The molecule has 0 aliphatic carbocycles. The number of hydrogen-bond acceptors (Lipinski definition) is 7.